The van der Waals surface area contributed by atoms with Crippen LogP contribution in [-0.2, 0) is 0 Å². The van der Waals surface area contributed by atoms with Crippen molar-refractivity contribution in [1.29, 1.82) is 0 Å². The van der Waals surface area contributed by atoms with Gasteiger partial charge in [0.15, 0.2) is 0 Å². The molecule has 0 saturated carbocycles. The van der Waals surface area contributed by atoms with E-state index in [1.54, 1.807) is 25.3 Å². The maximum atomic E-state index is 9.99. The molecule has 0 atom stereocenters. The molecule has 3 aromatic rings. The second-order valence-corrected chi connectivity index (χ2v) is 5.13. The first-order chi connectivity index (χ1) is 9.19. The zero-order valence-corrected chi connectivity index (χ0v) is 11.1. The minimum absolute atomic E-state index is 0.0773. The fourth-order valence-corrected chi connectivity index (χ4v) is 2.90. The number of rotatable bonds is 2. The van der Waals surface area contributed by atoms with Gasteiger partial charge >= 0.3 is 0 Å². The molecule has 0 saturated heterocycles. The number of thiazole rings is 1. The number of fused-ring (bicyclic) bond motifs is 1. The number of ether oxygens (including phenoxy) is 1. The average molecular weight is 272 g/mol. The van der Waals surface area contributed by atoms with E-state index in [0.29, 0.717) is 11.3 Å². The van der Waals surface area contributed by atoms with Crippen molar-refractivity contribution in [2.24, 2.45) is 0 Å². The summed E-state index contributed by atoms with van der Waals surface area (Å²) in [4.78, 5) is 4.51. The molecule has 3 N–H and O–H groups in total. The van der Waals surface area contributed by atoms with Gasteiger partial charge in [-0.3, -0.25) is 0 Å². The summed E-state index contributed by atoms with van der Waals surface area (Å²) in [5.41, 5.74) is 7.59. The standard InChI is InChI=1S/C14H12N2O2S/c1-18-8-5-6-11-12(7-8)19-14(16-11)9-3-2-4-10(15)13(9)17/h2-7,17H,15H2,1H3. The number of phenolic OH excluding ortho intramolecular Hbond substituents is 1. The molecule has 5 heteroatoms. The number of nitrogens with two attached hydrogens (primary N) is 1. The number of phenols is 1. The molecular weight excluding hydrogens is 260 g/mol. The van der Waals surface area contributed by atoms with E-state index >= 15 is 0 Å². The number of hydrogen-bond donors (Lipinski definition) is 2. The van der Waals surface area contributed by atoms with E-state index < -0.39 is 0 Å². The number of nitrogen functional groups attached to an aromatic ring is 1. The van der Waals surface area contributed by atoms with Crippen molar-refractivity contribution >= 4 is 27.2 Å². The van der Waals surface area contributed by atoms with Crippen LogP contribution in [0.25, 0.3) is 20.8 Å². The normalized spacial score (nSPS) is 10.8. The van der Waals surface area contributed by atoms with Gasteiger partial charge < -0.3 is 15.6 Å². The minimum atomic E-state index is 0.0773. The van der Waals surface area contributed by atoms with Crippen molar-refractivity contribution < 1.29 is 9.84 Å². The van der Waals surface area contributed by atoms with E-state index in [1.807, 2.05) is 18.2 Å². The molecule has 96 valence electrons. The van der Waals surface area contributed by atoms with Crippen molar-refractivity contribution in [3.63, 3.8) is 0 Å². The summed E-state index contributed by atoms with van der Waals surface area (Å²) in [5.74, 6) is 0.869. The lowest BCUT2D eigenvalue weighted by atomic mass is 10.2. The van der Waals surface area contributed by atoms with Crippen LogP contribution in [0.2, 0.25) is 0 Å². The van der Waals surface area contributed by atoms with E-state index in [-0.39, 0.29) is 5.75 Å². The summed E-state index contributed by atoms with van der Waals surface area (Å²) in [6, 6.07) is 11.0. The molecule has 1 aromatic heterocycles. The molecule has 0 amide bonds. The minimum Gasteiger partial charge on any atom is -0.505 e. The second kappa shape index (κ2) is 4.44. The highest BCUT2D eigenvalue weighted by atomic mass is 32.1. The Hall–Kier alpha value is -2.27. The number of hydrogen-bond acceptors (Lipinski definition) is 5. The van der Waals surface area contributed by atoms with Gasteiger partial charge in [-0.15, -0.1) is 11.3 Å². The molecule has 0 unspecified atom stereocenters. The topological polar surface area (TPSA) is 68.4 Å². The molecule has 0 spiro atoms. The van der Waals surface area contributed by atoms with Crippen LogP contribution < -0.4 is 10.5 Å². The van der Waals surface area contributed by atoms with Crippen molar-refractivity contribution in [1.82, 2.24) is 4.98 Å². The average Bonchev–Trinajstić information content (AvgIpc) is 2.84. The molecule has 2 aromatic carbocycles. The number of aromatic nitrogens is 1. The van der Waals surface area contributed by atoms with Gasteiger partial charge in [0.2, 0.25) is 0 Å². The van der Waals surface area contributed by atoms with Crippen molar-refractivity contribution in [2.45, 2.75) is 0 Å². The lowest BCUT2D eigenvalue weighted by Crippen LogP contribution is -1.87. The quantitative estimate of drug-likeness (QED) is 0.555. The Balaban J connectivity index is 2.18. The van der Waals surface area contributed by atoms with Gasteiger partial charge in [-0.05, 0) is 30.3 Å². The van der Waals surface area contributed by atoms with Crippen LogP contribution in [-0.4, -0.2) is 17.2 Å². The first-order valence-corrected chi connectivity index (χ1v) is 6.53. The molecule has 0 bridgehead atoms. The Morgan fingerprint density at radius 1 is 1.26 bits per heavy atom. The SMILES string of the molecule is COc1ccc2nc(-c3cccc(N)c3O)sc2c1. The zero-order valence-electron chi connectivity index (χ0n) is 10.3. The Kier molecular flexibility index (Phi) is 2.76. The van der Waals surface area contributed by atoms with Gasteiger partial charge in [-0.25, -0.2) is 4.98 Å². The van der Waals surface area contributed by atoms with Gasteiger partial charge in [-0.1, -0.05) is 6.07 Å². The lowest BCUT2D eigenvalue weighted by molar-refractivity contribution is 0.415. The van der Waals surface area contributed by atoms with Gasteiger partial charge in [0.25, 0.3) is 0 Å². The Morgan fingerprint density at radius 3 is 2.89 bits per heavy atom. The van der Waals surface area contributed by atoms with Crippen LogP contribution in [0, 0.1) is 0 Å². The third-order valence-corrected chi connectivity index (χ3v) is 3.94. The molecule has 19 heavy (non-hydrogen) atoms. The maximum Gasteiger partial charge on any atom is 0.148 e. The Labute approximate surface area is 114 Å². The fourth-order valence-electron chi connectivity index (χ4n) is 1.88. The highest BCUT2D eigenvalue weighted by Crippen LogP contribution is 2.38. The molecular formula is C14H12N2O2S. The third-order valence-electron chi connectivity index (χ3n) is 2.89. The smallest absolute Gasteiger partial charge is 0.148 e. The lowest BCUT2D eigenvalue weighted by Gasteiger charge is -2.02. The molecule has 4 nitrogen and oxygen atoms in total. The first kappa shape index (κ1) is 11.8. The van der Waals surface area contributed by atoms with Gasteiger partial charge in [-0.2, -0.15) is 0 Å². The van der Waals surface area contributed by atoms with Crippen LogP contribution >= 0.6 is 11.3 Å². The molecule has 3 rings (SSSR count). The summed E-state index contributed by atoms with van der Waals surface area (Å²) >= 11 is 1.50. The van der Waals surface area contributed by atoms with E-state index in [9.17, 15) is 5.11 Å². The number of para-hydroxylation sites is 1. The fraction of sp³-hybridized carbons (Fsp3) is 0.0714. The Bertz CT molecular complexity index is 752. The van der Waals surface area contributed by atoms with Crippen LogP contribution in [0.5, 0.6) is 11.5 Å². The van der Waals surface area contributed by atoms with E-state index in [1.165, 1.54) is 11.3 Å². The summed E-state index contributed by atoms with van der Waals surface area (Å²) in [6.45, 7) is 0. The van der Waals surface area contributed by atoms with Gasteiger partial charge in [0.05, 0.1) is 28.6 Å². The van der Waals surface area contributed by atoms with Crippen LogP contribution in [0.1, 0.15) is 0 Å². The number of nitrogens with zero attached hydrogens (tertiary/aromatic N) is 1. The molecule has 0 aliphatic rings. The zero-order chi connectivity index (χ0) is 13.4. The largest absolute Gasteiger partial charge is 0.505 e. The molecule has 1 heterocycles. The van der Waals surface area contributed by atoms with Crippen molar-refractivity contribution in [3.8, 4) is 22.1 Å². The predicted molar refractivity (Wildman–Crippen MR) is 77.7 cm³/mol. The highest BCUT2D eigenvalue weighted by molar-refractivity contribution is 7.21. The maximum absolute atomic E-state index is 9.99. The number of benzene rings is 2. The number of aromatic hydroxyl groups is 1. The first-order valence-electron chi connectivity index (χ1n) is 5.71. The van der Waals surface area contributed by atoms with E-state index in [2.05, 4.69) is 4.98 Å². The molecule has 0 fully saturated rings. The Morgan fingerprint density at radius 2 is 2.11 bits per heavy atom. The number of methoxy groups -OCH3 is 1. The van der Waals surface area contributed by atoms with Crippen molar-refractivity contribution in [2.75, 3.05) is 12.8 Å². The van der Waals surface area contributed by atoms with E-state index in [4.69, 9.17) is 10.5 Å². The van der Waals surface area contributed by atoms with Crippen LogP contribution in [0.15, 0.2) is 36.4 Å². The summed E-state index contributed by atoms with van der Waals surface area (Å²) < 4.78 is 6.20. The number of anilines is 1. The summed E-state index contributed by atoms with van der Waals surface area (Å²) in [5, 5.41) is 10.7. The molecule has 0 aliphatic carbocycles. The summed E-state index contributed by atoms with van der Waals surface area (Å²) in [7, 11) is 1.63. The van der Waals surface area contributed by atoms with Crippen LogP contribution in [0.3, 0.4) is 0 Å². The monoisotopic (exact) mass is 272 g/mol. The molecule has 0 radical (unpaired) electrons. The highest BCUT2D eigenvalue weighted by Gasteiger charge is 2.12. The van der Waals surface area contributed by atoms with Crippen molar-refractivity contribution in [3.05, 3.63) is 36.4 Å². The molecule has 0 aliphatic heterocycles. The predicted octanol–water partition coefficient (Wildman–Crippen LogP) is 3.26. The summed E-state index contributed by atoms with van der Waals surface area (Å²) in [6.07, 6.45) is 0. The van der Waals surface area contributed by atoms with Crippen LogP contribution in [0.4, 0.5) is 5.69 Å². The van der Waals surface area contributed by atoms with Gasteiger partial charge in [0.1, 0.15) is 16.5 Å². The third kappa shape index (κ3) is 1.98. The second-order valence-electron chi connectivity index (χ2n) is 4.10. The van der Waals surface area contributed by atoms with E-state index in [0.717, 1.165) is 21.0 Å². The van der Waals surface area contributed by atoms with Gasteiger partial charge in [0, 0.05) is 0 Å².